The van der Waals surface area contributed by atoms with E-state index in [0.717, 1.165) is 95.6 Å². The Balaban J connectivity index is 0.000000219. The Kier molecular flexibility index (Phi) is 18.1. The van der Waals surface area contributed by atoms with Crippen LogP contribution in [0.25, 0.3) is 0 Å². The summed E-state index contributed by atoms with van der Waals surface area (Å²) in [6.45, 7) is 5.03. The second-order valence-corrected chi connectivity index (χ2v) is 23.4. The van der Waals surface area contributed by atoms with Gasteiger partial charge in [0.15, 0.2) is 0 Å². The van der Waals surface area contributed by atoms with Crippen molar-refractivity contribution in [1.82, 2.24) is 15.3 Å². The molecule has 18 heteroatoms. The molecular weight excluding hydrogens is 948 g/mol. The zero-order valence-electron chi connectivity index (χ0n) is 41.4. The predicted molar refractivity (Wildman–Crippen MR) is 260 cm³/mol. The number of phenolic OH excluding ortho intramolecular Hbond substituents is 1. The molecule has 0 bridgehead atoms. The van der Waals surface area contributed by atoms with Crippen LogP contribution in [0.5, 0.6) is 5.75 Å². The van der Waals surface area contributed by atoms with E-state index in [4.69, 9.17) is 4.74 Å². The van der Waals surface area contributed by atoms with Crippen molar-refractivity contribution in [3.8, 4) is 5.75 Å². The number of carbonyl (C=O) groups is 3. The Bertz CT molecular complexity index is 2110. The number of hydrogen-bond acceptors (Lipinski definition) is 9. The van der Waals surface area contributed by atoms with Gasteiger partial charge in [-0.15, -0.1) is 0 Å². The Morgan fingerprint density at radius 2 is 1.52 bits per heavy atom. The average Bonchev–Trinajstić information content (AvgIpc) is 4.03. The minimum Gasteiger partial charge on any atom is -0.508 e. The van der Waals surface area contributed by atoms with Crippen molar-refractivity contribution in [3.05, 3.63) is 59.7 Å². The van der Waals surface area contributed by atoms with Crippen LogP contribution in [0.1, 0.15) is 133 Å². The Hall–Kier alpha value is -4.03. The van der Waals surface area contributed by atoms with Crippen LogP contribution in [0, 0.1) is 34.5 Å². The van der Waals surface area contributed by atoms with E-state index in [1.54, 1.807) is 10.4 Å². The van der Waals surface area contributed by atoms with E-state index in [-0.39, 0.29) is 28.6 Å². The molecule has 2 saturated heterocycles. The summed E-state index contributed by atoms with van der Waals surface area (Å²) in [4.78, 5) is 43.8. The number of hydroxylamine groups is 1. The number of nitrogens with zero attached hydrogens (tertiary/aromatic N) is 3. The third-order valence-corrected chi connectivity index (χ3v) is 18.7. The number of aliphatic hydroxyl groups excluding tert-OH is 1. The van der Waals surface area contributed by atoms with Gasteiger partial charge >= 0.3 is 18.2 Å². The molecule has 3 amide bonds. The minimum absolute atomic E-state index is 0.0195. The highest BCUT2D eigenvalue weighted by molar-refractivity contribution is 7.84. The van der Waals surface area contributed by atoms with Crippen molar-refractivity contribution in [2.24, 2.45) is 34.5 Å². The number of benzene rings is 2. The number of para-hydroxylation sites is 1. The van der Waals surface area contributed by atoms with Crippen molar-refractivity contribution in [1.29, 1.82) is 0 Å². The zero-order valence-corrected chi connectivity index (χ0v) is 42.2. The number of likely N-dealkylation sites (tertiary alicyclic amines) is 1. The molecule has 2 aromatic carbocycles. The fourth-order valence-corrected chi connectivity index (χ4v) is 14.3. The van der Waals surface area contributed by atoms with Crippen molar-refractivity contribution in [3.63, 3.8) is 0 Å². The normalized spacial score (nSPS) is 28.2. The van der Waals surface area contributed by atoms with Gasteiger partial charge in [-0.2, -0.15) is 22.0 Å². The number of carbonyl (C=O) groups excluding carboxylic acids is 3. The van der Waals surface area contributed by atoms with E-state index in [0.29, 0.717) is 80.7 Å². The lowest BCUT2D eigenvalue weighted by Crippen LogP contribution is -2.63. The Morgan fingerprint density at radius 3 is 2.17 bits per heavy atom. The molecular formula is C53H75F5N4O8S. The first-order valence-electron chi connectivity index (χ1n) is 26.0. The lowest BCUT2D eigenvalue weighted by atomic mass is 9.52. The monoisotopic (exact) mass is 1020 g/mol. The summed E-state index contributed by atoms with van der Waals surface area (Å²) in [6, 6.07) is 14.9. The molecule has 2 aromatic rings. The molecule has 9 atom stereocenters. The van der Waals surface area contributed by atoms with Crippen LogP contribution in [-0.2, 0) is 31.5 Å². The largest absolute Gasteiger partial charge is 0.508 e. The number of phenols is 1. The van der Waals surface area contributed by atoms with Crippen LogP contribution in [-0.4, -0.2) is 123 Å². The van der Waals surface area contributed by atoms with Crippen molar-refractivity contribution < 1.29 is 60.7 Å². The number of halogens is 5. The van der Waals surface area contributed by atoms with Crippen molar-refractivity contribution in [2.45, 2.75) is 153 Å². The molecule has 1 unspecified atom stereocenters. The number of nitrogens with one attached hydrogen (secondary N) is 1. The summed E-state index contributed by atoms with van der Waals surface area (Å²) >= 11 is 0. The Labute approximate surface area is 417 Å². The number of unbranched alkanes of at least 4 members (excludes halogenated alkanes) is 6. The first-order chi connectivity index (χ1) is 33.8. The molecule has 2 aliphatic heterocycles. The molecule has 2 heterocycles. The molecule has 6 aliphatic rings. The van der Waals surface area contributed by atoms with Gasteiger partial charge in [0, 0.05) is 67.1 Å². The third kappa shape index (κ3) is 12.8. The summed E-state index contributed by atoms with van der Waals surface area (Å²) in [7, 11) is -0.0794. The maximum atomic E-state index is 13.5. The van der Waals surface area contributed by atoms with E-state index in [2.05, 4.69) is 17.9 Å². The quantitative estimate of drug-likeness (QED) is 0.0524. The van der Waals surface area contributed by atoms with E-state index in [1.165, 1.54) is 23.1 Å². The van der Waals surface area contributed by atoms with Gasteiger partial charge in [0.25, 0.3) is 0 Å². The molecule has 1 spiro atoms. The number of methoxy groups -OCH3 is 1. The van der Waals surface area contributed by atoms with Gasteiger partial charge in [-0.05, 0) is 141 Å². The van der Waals surface area contributed by atoms with Crippen molar-refractivity contribution >= 4 is 34.4 Å². The molecule has 0 aromatic heterocycles. The number of alkyl halides is 5. The molecule has 4 N–H and O–H groups in total. The van der Waals surface area contributed by atoms with Crippen LogP contribution in [0.15, 0.2) is 48.5 Å². The fraction of sp³-hybridized carbons (Fsp3) is 0.717. The van der Waals surface area contributed by atoms with Crippen molar-refractivity contribution in [2.75, 3.05) is 56.2 Å². The van der Waals surface area contributed by atoms with Gasteiger partial charge in [-0.25, -0.2) is 10.3 Å². The summed E-state index contributed by atoms with van der Waals surface area (Å²) in [5, 5.41) is 30.2. The summed E-state index contributed by atoms with van der Waals surface area (Å²) < 4.78 is 79.4. The lowest BCUT2D eigenvalue weighted by molar-refractivity contribution is -0.284. The van der Waals surface area contributed by atoms with Crippen LogP contribution >= 0.6 is 0 Å². The maximum Gasteiger partial charge on any atom is 0.453 e. The first kappa shape index (κ1) is 54.7. The number of fused-ring (bicyclic) bond motifs is 5. The van der Waals surface area contributed by atoms with Gasteiger partial charge in [0.1, 0.15) is 11.8 Å². The molecule has 5 fully saturated rings. The molecule has 12 nitrogen and oxygen atoms in total. The van der Waals surface area contributed by atoms with Crippen LogP contribution in [0.3, 0.4) is 0 Å². The molecule has 396 valence electrons. The number of anilines is 1. The maximum absolute atomic E-state index is 13.5. The summed E-state index contributed by atoms with van der Waals surface area (Å²) in [5.74, 6) is -3.61. The number of rotatable bonds is 17. The van der Waals surface area contributed by atoms with E-state index in [9.17, 15) is 56.0 Å². The topological polar surface area (TPSA) is 160 Å². The molecule has 71 heavy (non-hydrogen) atoms. The number of piperidine rings is 1. The minimum atomic E-state index is -5.54. The van der Waals surface area contributed by atoms with E-state index in [1.807, 2.05) is 42.5 Å². The van der Waals surface area contributed by atoms with Gasteiger partial charge in [0.05, 0.1) is 19.1 Å². The van der Waals surface area contributed by atoms with E-state index < -0.39 is 59.7 Å². The highest BCUT2D eigenvalue weighted by Crippen LogP contribution is 2.63. The molecule has 4 aliphatic carbocycles. The van der Waals surface area contributed by atoms with Gasteiger partial charge in [0.2, 0.25) is 11.8 Å². The standard InChI is InChI=1S/C32H47F5O3S.C21H28N4O5/c1-30-17-15-26-25-12-11-24(38)21-23(25)20-22(29(26)27(30)13-14-28(30)39)10-7-5-3-2-4-6-8-18-41(40)19-9-16-31(33,34)32(35,36)37;1-30-20(28)25-14-21(7-8-21)13-16(18(26)22-29)17(25)19(27)24-11-9-23(10-12-24)15-5-3-2-4-6-15/h11-12,21-22,26-29,38-39H,2-10,13-20H2,1H3;2-6,16-17,29H,7-14H2,1H3,(H,22,26)/t22-,26-,27+,28+,29-,30+,41?;16-,17-/m10/s1. The van der Waals surface area contributed by atoms with Gasteiger partial charge < -0.3 is 24.7 Å². The third-order valence-electron chi connectivity index (χ3n) is 17.2. The number of ether oxygens (including phenoxy) is 1. The average molecular weight is 1020 g/mol. The molecule has 8 rings (SSSR count). The number of aromatic hydroxyl groups is 1. The second-order valence-electron chi connectivity index (χ2n) is 21.7. The fourth-order valence-electron chi connectivity index (χ4n) is 13.1. The lowest BCUT2D eigenvalue weighted by Gasteiger charge is -2.53. The zero-order chi connectivity index (χ0) is 51.1. The molecule has 0 radical (unpaired) electrons. The summed E-state index contributed by atoms with van der Waals surface area (Å²) in [6.07, 6.45) is 7.63. The number of hydrogen-bond donors (Lipinski definition) is 4. The predicted octanol–water partition coefficient (Wildman–Crippen LogP) is 9.76. The SMILES string of the molecule is COC(=O)N1CC2(CC2)C[C@H](C(=O)NO)[C@H]1C(=O)N1CCN(c2ccccc2)CC1.C[C@]12CC[C@@H]3c4ccc(O)cc4C[C@@H](CCCCCCCCCS(=O)CCCC(F)(F)C(F)(F)F)[C@H]3[C@@H]1CC[C@@H]2O. The smallest absolute Gasteiger partial charge is 0.453 e. The Morgan fingerprint density at radius 1 is 0.859 bits per heavy atom. The van der Waals surface area contributed by atoms with Crippen LogP contribution in [0.2, 0.25) is 0 Å². The number of piperazine rings is 1. The van der Waals surface area contributed by atoms with Crippen LogP contribution in [0.4, 0.5) is 32.4 Å². The van der Waals surface area contributed by atoms with E-state index >= 15 is 0 Å². The number of amides is 3. The number of aliphatic hydroxyl groups is 1. The highest BCUT2D eigenvalue weighted by Gasteiger charge is 2.59. The van der Waals surface area contributed by atoms with Gasteiger partial charge in [-0.3, -0.25) is 23.9 Å². The highest BCUT2D eigenvalue weighted by atomic mass is 32.2. The second kappa shape index (κ2) is 23.5. The molecule has 3 saturated carbocycles. The van der Waals surface area contributed by atoms with Crippen LogP contribution < -0.4 is 10.4 Å². The first-order valence-corrected chi connectivity index (χ1v) is 27.5. The van der Waals surface area contributed by atoms with Gasteiger partial charge in [-0.1, -0.05) is 69.7 Å². The summed E-state index contributed by atoms with van der Waals surface area (Å²) in [5.41, 5.74) is 5.37.